The van der Waals surface area contributed by atoms with Crippen LogP contribution < -0.4 is 16.0 Å². The summed E-state index contributed by atoms with van der Waals surface area (Å²) in [6, 6.07) is 20.6. The van der Waals surface area contributed by atoms with Crippen LogP contribution in [0, 0.1) is 17.2 Å². The summed E-state index contributed by atoms with van der Waals surface area (Å²) in [5.41, 5.74) is 8.96. The lowest BCUT2D eigenvalue weighted by molar-refractivity contribution is -0.124. The van der Waals surface area contributed by atoms with E-state index in [2.05, 4.69) is 64.8 Å². The lowest BCUT2D eigenvalue weighted by Crippen LogP contribution is -2.58. The van der Waals surface area contributed by atoms with Crippen molar-refractivity contribution in [3.63, 3.8) is 0 Å². The number of anilines is 1. The van der Waals surface area contributed by atoms with Gasteiger partial charge in [-0.1, -0.05) is 80.6 Å². The number of carbonyl (C=O) groups excluding carboxylic acids is 1. The Labute approximate surface area is 191 Å². The number of piperidine rings is 1. The predicted octanol–water partition coefficient (Wildman–Crippen LogP) is 4.63. The fourth-order valence-corrected chi connectivity index (χ4v) is 5.22. The van der Waals surface area contributed by atoms with Crippen LogP contribution in [0.3, 0.4) is 0 Å². The first-order valence-corrected chi connectivity index (χ1v) is 12.0. The first kappa shape index (κ1) is 22.4. The van der Waals surface area contributed by atoms with Gasteiger partial charge in [-0.25, -0.2) is 0 Å². The van der Waals surface area contributed by atoms with Gasteiger partial charge in [0.15, 0.2) is 0 Å². The van der Waals surface area contributed by atoms with Gasteiger partial charge in [0.25, 0.3) is 0 Å². The maximum atomic E-state index is 12.8. The van der Waals surface area contributed by atoms with Gasteiger partial charge in [-0.2, -0.15) is 5.26 Å². The molecular formula is C27H34N4O. The molecule has 0 aromatic heterocycles. The Kier molecular flexibility index (Phi) is 7.12. The van der Waals surface area contributed by atoms with Gasteiger partial charge in [0, 0.05) is 37.2 Å². The molecule has 2 aliphatic rings. The van der Waals surface area contributed by atoms with Crippen LogP contribution >= 0.6 is 0 Å². The van der Waals surface area contributed by atoms with E-state index < -0.39 is 11.6 Å². The van der Waals surface area contributed by atoms with E-state index in [9.17, 15) is 10.1 Å². The molecule has 5 heteroatoms. The molecule has 168 valence electrons. The fraction of sp³-hybridized carbons (Fsp3) is 0.481. The monoisotopic (exact) mass is 430 g/mol. The van der Waals surface area contributed by atoms with Crippen LogP contribution in [-0.4, -0.2) is 30.6 Å². The van der Waals surface area contributed by atoms with Crippen molar-refractivity contribution in [3.05, 3.63) is 54.6 Å². The number of rotatable bonds is 6. The molecule has 1 atom stereocenters. The third-order valence-corrected chi connectivity index (χ3v) is 7.17. The average molecular weight is 431 g/mol. The number of para-hydroxylation sites is 1. The minimum absolute atomic E-state index is 0.171. The molecular weight excluding hydrogens is 396 g/mol. The van der Waals surface area contributed by atoms with E-state index in [-0.39, 0.29) is 5.91 Å². The second-order valence-corrected chi connectivity index (χ2v) is 9.40. The normalized spacial score (nSPS) is 19.7. The zero-order chi connectivity index (χ0) is 22.4. The summed E-state index contributed by atoms with van der Waals surface area (Å²) in [6.45, 7) is 1.44. The number of carbonyl (C=O) groups is 1. The molecule has 0 bridgehead atoms. The molecule has 2 fully saturated rings. The third-order valence-electron chi connectivity index (χ3n) is 7.17. The highest BCUT2D eigenvalue weighted by molar-refractivity contribution is 5.83. The van der Waals surface area contributed by atoms with E-state index in [4.69, 9.17) is 5.73 Å². The summed E-state index contributed by atoms with van der Waals surface area (Å²) < 4.78 is 0. The average Bonchev–Trinajstić information content (AvgIpc) is 2.85. The molecule has 32 heavy (non-hydrogen) atoms. The minimum atomic E-state index is -0.834. The minimum Gasteiger partial charge on any atom is -0.371 e. The molecule has 5 nitrogen and oxygen atoms in total. The van der Waals surface area contributed by atoms with Gasteiger partial charge < -0.3 is 16.0 Å². The largest absolute Gasteiger partial charge is 0.371 e. The topological polar surface area (TPSA) is 82.1 Å². The Morgan fingerprint density at radius 3 is 2.41 bits per heavy atom. The number of nitrogens with two attached hydrogens (primary N) is 1. The molecule has 4 rings (SSSR count). The summed E-state index contributed by atoms with van der Waals surface area (Å²) >= 11 is 0. The predicted molar refractivity (Wildman–Crippen MR) is 129 cm³/mol. The van der Waals surface area contributed by atoms with Crippen molar-refractivity contribution in [1.29, 1.82) is 5.26 Å². The quantitative estimate of drug-likeness (QED) is 0.700. The number of nitrogens with one attached hydrogen (secondary N) is 1. The number of benzene rings is 2. The number of hydrogen-bond acceptors (Lipinski definition) is 4. The zero-order valence-electron chi connectivity index (χ0n) is 18.8. The van der Waals surface area contributed by atoms with Crippen LogP contribution in [0.2, 0.25) is 0 Å². The summed E-state index contributed by atoms with van der Waals surface area (Å²) in [7, 11) is 0. The van der Waals surface area contributed by atoms with Crippen molar-refractivity contribution in [1.82, 2.24) is 5.32 Å². The summed E-state index contributed by atoms with van der Waals surface area (Å²) in [4.78, 5) is 15.2. The second-order valence-electron chi connectivity index (χ2n) is 9.40. The van der Waals surface area contributed by atoms with E-state index in [0.717, 1.165) is 19.5 Å². The number of hydrogen-bond donors (Lipinski definition) is 2. The van der Waals surface area contributed by atoms with Gasteiger partial charge in [-0.3, -0.25) is 4.79 Å². The van der Waals surface area contributed by atoms with Gasteiger partial charge in [0.05, 0.1) is 12.1 Å². The SMILES string of the molecule is N#CC1(NC(=O)C(N)CC2CCCCC2)CCN(c2ccccc2-c2ccccc2)CC1. The molecule has 2 aromatic carbocycles. The van der Waals surface area contributed by atoms with Crippen LogP contribution in [0.5, 0.6) is 0 Å². The van der Waals surface area contributed by atoms with Gasteiger partial charge in [0.2, 0.25) is 5.91 Å². The first-order valence-electron chi connectivity index (χ1n) is 12.0. The summed E-state index contributed by atoms with van der Waals surface area (Å²) in [5, 5.41) is 13.0. The van der Waals surface area contributed by atoms with Crippen molar-refractivity contribution in [2.45, 2.75) is 62.9 Å². The molecule has 0 radical (unpaired) electrons. The summed E-state index contributed by atoms with van der Waals surface area (Å²) in [6.07, 6.45) is 8.01. The second kappa shape index (κ2) is 10.2. The molecule has 1 unspecified atom stereocenters. The van der Waals surface area contributed by atoms with E-state index in [0.29, 0.717) is 18.8 Å². The van der Waals surface area contributed by atoms with E-state index in [1.807, 2.05) is 6.07 Å². The third kappa shape index (κ3) is 5.14. The Balaban J connectivity index is 1.40. The zero-order valence-corrected chi connectivity index (χ0v) is 18.8. The van der Waals surface area contributed by atoms with Gasteiger partial charge in [-0.05, 0) is 24.0 Å². The first-order chi connectivity index (χ1) is 15.6. The standard InChI is InChI=1S/C27H34N4O/c28-20-27(30-26(32)24(29)19-21-9-3-1-4-10-21)15-17-31(18-16-27)25-14-8-7-13-23(25)22-11-5-2-6-12-22/h2,5-8,11-14,21,24H,1,3-4,9-10,15-19,29H2,(H,30,32). The lowest BCUT2D eigenvalue weighted by atomic mass is 9.84. The highest BCUT2D eigenvalue weighted by atomic mass is 16.2. The number of nitrogens with zero attached hydrogens (tertiary/aromatic N) is 2. The van der Waals surface area contributed by atoms with Crippen molar-refractivity contribution >= 4 is 11.6 Å². The highest BCUT2D eigenvalue weighted by Gasteiger charge is 2.38. The molecule has 1 amide bonds. The molecule has 1 aliphatic heterocycles. The van der Waals surface area contributed by atoms with E-state index in [1.165, 1.54) is 48.9 Å². The molecule has 3 N–H and O–H groups in total. The molecule has 1 saturated carbocycles. The number of nitriles is 1. The summed E-state index contributed by atoms with van der Waals surface area (Å²) in [5.74, 6) is 0.370. The van der Waals surface area contributed by atoms with Crippen LogP contribution in [-0.2, 0) is 4.79 Å². The number of amides is 1. The Morgan fingerprint density at radius 2 is 1.72 bits per heavy atom. The van der Waals surface area contributed by atoms with Gasteiger partial charge >= 0.3 is 0 Å². The van der Waals surface area contributed by atoms with Crippen LogP contribution in [0.15, 0.2) is 54.6 Å². The van der Waals surface area contributed by atoms with E-state index >= 15 is 0 Å². The smallest absolute Gasteiger partial charge is 0.238 e. The molecule has 0 spiro atoms. The molecule has 1 heterocycles. The fourth-order valence-electron chi connectivity index (χ4n) is 5.22. The van der Waals surface area contributed by atoms with Gasteiger partial charge in [-0.15, -0.1) is 0 Å². The lowest BCUT2D eigenvalue weighted by Gasteiger charge is -2.40. The van der Waals surface area contributed by atoms with Crippen molar-refractivity contribution in [2.24, 2.45) is 11.7 Å². The van der Waals surface area contributed by atoms with Gasteiger partial charge in [0.1, 0.15) is 5.54 Å². The molecule has 1 aliphatic carbocycles. The van der Waals surface area contributed by atoms with Crippen molar-refractivity contribution in [3.8, 4) is 17.2 Å². The highest BCUT2D eigenvalue weighted by Crippen LogP contribution is 2.34. The molecule has 1 saturated heterocycles. The van der Waals surface area contributed by atoms with Crippen molar-refractivity contribution in [2.75, 3.05) is 18.0 Å². The van der Waals surface area contributed by atoms with Crippen LogP contribution in [0.25, 0.3) is 11.1 Å². The maximum Gasteiger partial charge on any atom is 0.238 e. The maximum absolute atomic E-state index is 12.8. The van der Waals surface area contributed by atoms with Crippen LogP contribution in [0.4, 0.5) is 5.69 Å². The molecule has 2 aromatic rings. The Hall–Kier alpha value is -2.84. The van der Waals surface area contributed by atoms with Crippen LogP contribution in [0.1, 0.15) is 51.4 Å². The Bertz CT molecular complexity index is 938. The Morgan fingerprint density at radius 1 is 1.06 bits per heavy atom. The van der Waals surface area contributed by atoms with Crippen molar-refractivity contribution < 1.29 is 4.79 Å². The van der Waals surface area contributed by atoms with E-state index in [1.54, 1.807) is 0 Å².